The van der Waals surface area contributed by atoms with E-state index in [-0.39, 0.29) is 24.3 Å². The minimum atomic E-state index is -0.412. The average Bonchev–Trinajstić information content (AvgIpc) is 3.20. The highest BCUT2D eigenvalue weighted by Crippen LogP contribution is 2.28. The first-order chi connectivity index (χ1) is 14.7. The van der Waals surface area contributed by atoms with E-state index in [1.54, 1.807) is 12.4 Å². The number of pyridine rings is 1. The van der Waals surface area contributed by atoms with E-state index >= 15 is 0 Å². The lowest BCUT2D eigenvalue weighted by molar-refractivity contribution is -0.135. The number of hydrogen-bond acceptors (Lipinski definition) is 5. The van der Waals surface area contributed by atoms with Crippen LogP contribution in [0.2, 0.25) is 0 Å². The lowest BCUT2D eigenvalue weighted by Gasteiger charge is -2.38. The number of benzene rings is 1. The van der Waals surface area contributed by atoms with Gasteiger partial charge in [-0.05, 0) is 42.5 Å². The molecule has 2 aliphatic rings. The number of amides is 2. The Kier molecular flexibility index (Phi) is 6.59. The number of piperazine rings is 1. The summed E-state index contributed by atoms with van der Waals surface area (Å²) in [5.74, 6) is 0.571. The molecule has 0 bridgehead atoms. The van der Waals surface area contributed by atoms with E-state index in [9.17, 15) is 9.59 Å². The molecule has 0 spiro atoms. The van der Waals surface area contributed by atoms with Gasteiger partial charge >= 0.3 is 0 Å². The second-order valence-electron chi connectivity index (χ2n) is 7.82. The Morgan fingerprint density at radius 3 is 2.73 bits per heavy atom. The zero-order valence-corrected chi connectivity index (χ0v) is 17.0. The molecule has 7 nitrogen and oxygen atoms in total. The maximum atomic E-state index is 12.5. The summed E-state index contributed by atoms with van der Waals surface area (Å²) in [4.78, 5) is 31.3. The number of nitrogens with one attached hydrogen (secondary N) is 2. The number of ether oxygens (including phenoxy) is 1. The Bertz CT molecular complexity index is 849. The van der Waals surface area contributed by atoms with Gasteiger partial charge in [0, 0.05) is 31.9 Å². The summed E-state index contributed by atoms with van der Waals surface area (Å²) in [6.45, 7) is 2.43. The third kappa shape index (κ3) is 4.97. The van der Waals surface area contributed by atoms with Crippen molar-refractivity contribution in [3.63, 3.8) is 0 Å². The molecule has 1 unspecified atom stereocenters. The van der Waals surface area contributed by atoms with Gasteiger partial charge in [-0.25, -0.2) is 0 Å². The van der Waals surface area contributed by atoms with Crippen LogP contribution >= 0.6 is 0 Å². The van der Waals surface area contributed by atoms with Gasteiger partial charge in [0.05, 0.1) is 25.3 Å². The summed E-state index contributed by atoms with van der Waals surface area (Å²) < 4.78 is 5.58. The molecule has 0 radical (unpaired) electrons. The summed E-state index contributed by atoms with van der Waals surface area (Å²) in [5, 5.41) is 5.84. The van der Waals surface area contributed by atoms with Crippen molar-refractivity contribution in [2.24, 2.45) is 0 Å². The number of aromatic nitrogens is 1. The highest BCUT2D eigenvalue weighted by atomic mass is 16.5. The quantitative estimate of drug-likeness (QED) is 0.644. The van der Waals surface area contributed by atoms with Crippen LogP contribution in [0.3, 0.4) is 0 Å². The van der Waals surface area contributed by atoms with Gasteiger partial charge in [-0.2, -0.15) is 0 Å². The minimum Gasteiger partial charge on any atom is -0.492 e. The highest BCUT2D eigenvalue weighted by molar-refractivity contribution is 5.88. The van der Waals surface area contributed by atoms with Crippen LogP contribution in [-0.4, -0.2) is 60.0 Å². The van der Waals surface area contributed by atoms with Crippen LogP contribution in [0.4, 0.5) is 0 Å². The molecule has 30 heavy (non-hydrogen) atoms. The SMILES string of the molecule is O=C(CC1C(=O)NCCN1C1Cc2ccccc2C1)NCCCOc1cccnc1. The Labute approximate surface area is 176 Å². The highest BCUT2D eigenvalue weighted by Gasteiger charge is 2.37. The van der Waals surface area contributed by atoms with Gasteiger partial charge in [0.25, 0.3) is 0 Å². The van der Waals surface area contributed by atoms with Crippen molar-refractivity contribution < 1.29 is 14.3 Å². The van der Waals surface area contributed by atoms with Crippen molar-refractivity contribution in [3.05, 3.63) is 59.9 Å². The normalized spacial score (nSPS) is 19.2. The van der Waals surface area contributed by atoms with Gasteiger partial charge in [-0.3, -0.25) is 19.5 Å². The van der Waals surface area contributed by atoms with Crippen molar-refractivity contribution in [2.75, 3.05) is 26.2 Å². The zero-order valence-electron chi connectivity index (χ0n) is 17.0. The number of nitrogens with zero attached hydrogens (tertiary/aromatic N) is 2. The maximum Gasteiger partial charge on any atom is 0.237 e. The van der Waals surface area contributed by atoms with Crippen molar-refractivity contribution in [3.8, 4) is 5.75 Å². The van der Waals surface area contributed by atoms with Crippen LogP contribution in [0.5, 0.6) is 5.75 Å². The Morgan fingerprint density at radius 1 is 1.20 bits per heavy atom. The molecule has 1 aliphatic carbocycles. The predicted molar refractivity (Wildman–Crippen MR) is 113 cm³/mol. The van der Waals surface area contributed by atoms with Crippen LogP contribution < -0.4 is 15.4 Å². The molecule has 1 atom stereocenters. The van der Waals surface area contributed by atoms with Crippen molar-refractivity contribution in [1.82, 2.24) is 20.5 Å². The molecule has 2 N–H and O–H groups in total. The van der Waals surface area contributed by atoms with Crippen LogP contribution in [0, 0.1) is 0 Å². The lowest BCUT2D eigenvalue weighted by Crippen LogP contribution is -2.59. The van der Waals surface area contributed by atoms with Crippen LogP contribution in [0.1, 0.15) is 24.0 Å². The van der Waals surface area contributed by atoms with E-state index in [1.807, 2.05) is 12.1 Å². The first-order valence-electron chi connectivity index (χ1n) is 10.6. The Morgan fingerprint density at radius 2 is 2.00 bits per heavy atom. The number of fused-ring (bicyclic) bond motifs is 1. The third-order valence-electron chi connectivity index (χ3n) is 5.80. The zero-order chi connectivity index (χ0) is 20.8. The molecule has 4 rings (SSSR count). The van der Waals surface area contributed by atoms with E-state index in [0.717, 1.165) is 25.1 Å². The second kappa shape index (κ2) is 9.71. The van der Waals surface area contributed by atoms with Crippen LogP contribution in [-0.2, 0) is 22.4 Å². The largest absolute Gasteiger partial charge is 0.492 e. The molecular weight excluding hydrogens is 380 g/mol. The second-order valence-corrected chi connectivity index (χ2v) is 7.82. The standard InChI is InChI=1S/C23H28N4O3/c28-22(25-9-4-12-30-20-7-3-8-24-16-20)15-21-23(29)26-10-11-27(21)19-13-17-5-1-2-6-18(17)14-19/h1-3,5-8,16,19,21H,4,9-15H2,(H,25,28)(H,26,29). The van der Waals surface area contributed by atoms with E-state index in [0.29, 0.717) is 26.1 Å². The molecule has 1 aliphatic heterocycles. The van der Waals surface area contributed by atoms with E-state index in [1.165, 1.54) is 11.1 Å². The first kappa shape index (κ1) is 20.3. The number of hydrogen-bond donors (Lipinski definition) is 2. The van der Waals surface area contributed by atoms with Gasteiger partial charge < -0.3 is 15.4 Å². The molecule has 158 valence electrons. The summed E-state index contributed by atoms with van der Waals surface area (Å²) in [6.07, 6.45) is 6.11. The van der Waals surface area contributed by atoms with Gasteiger partial charge in [-0.15, -0.1) is 0 Å². The van der Waals surface area contributed by atoms with Gasteiger partial charge in [0.2, 0.25) is 11.8 Å². The fourth-order valence-electron chi connectivity index (χ4n) is 4.32. The van der Waals surface area contributed by atoms with Crippen molar-refractivity contribution in [2.45, 2.75) is 37.8 Å². The van der Waals surface area contributed by atoms with Gasteiger partial charge in [0.15, 0.2) is 0 Å². The third-order valence-corrected chi connectivity index (χ3v) is 5.80. The van der Waals surface area contributed by atoms with Crippen molar-refractivity contribution >= 4 is 11.8 Å². The number of carbonyl (C=O) groups is 2. The van der Waals surface area contributed by atoms with Crippen LogP contribution in [0.15, 0.2) is 48.8 Å². The molecular formula is C23H28N4O3. The fourth-order valence-corrected chi connectivity index (χ4v) is 4.32. The van der Waals surface area contributed by atoms with Gasteiger partial charge in [0.1, 0.15) is 5.75 Å². The summed E-state index contributed by atoms with van der Waals surface area (Å²) in [5.41, 5.74) is 2.70. The molecule has 1 aromatic carbocycles. The summed E-state index contributed by atoms with van der Waals surface area (Å²) in [7, 11) is 0. The Hall–Kier alpha value is -2.93. The van der Waals surface area contributed by atoms with Gasteiger partial charge in [-0.1, -0.05) is 24.3 Å². The molecule has 7 heteroatoms. The smallest absolute Gasteiger partial charge is 0.237 e. The monoisotopic (exact) mass is 408 g/mol. The molecule has 0 saturated carbocycles. The Balaban J connectivity index is 1.25. The predicted octanol–water partition coefficient (Wildman–Crippen LogP) is 1.32. The van der Waals surface area contributed by atoms with Crippen molar-refractivity contribution in [1.29, 1.82) is 0 Å². The average molecular weight is 409 g/mol. The summed E-state index contributed by atoms with van der Waals surface area (Å²) >= 11 is 0. The molecule has 1 fully saturated rings. The number of rotatable bonds is 8. The molecule has 2 amide bonds. The van der Waals surface area contributed by atoms with E-state index in [2.05, 4.69) is 44.8 Å². The number of carbonyl (C=O) groups excluding carboxylic acids is 2. The molecule has 1 saturated heterocycles. The molecule has 1 aromatic heterocycles. The lowest BCUT2D eigenvalue weighted by atomic mass is 10.0. The van der Waals surface area contributed by atoms with E-state index < -0.39 is 6.04 Å². The summed E-state index contributed by atoms with van der Waals surface area (Å²) in [6, 6.07) is 12.0. The molecule has 2 heterocycles. The van der Waals surface area contributed by atoms with Crippen LogP contribution in [0.25, 0.3) is 0 Å². The molecule has 2 aromatic rings. The van der Waals surface area contributed by atoms with E-state index in [4.69, 9.17) is 4.74 Å². The maximum absolute atomic E-state index is 12.5. The first-order valence-corrected chi connectivity index (χ1v) is 10.6. The fraction of sp³-hybridized carbons (Fsp3) is 0.435. The topological polar surface area (TPSA) is 83.6 Å². The minimum absolute atomic E-state index is 0.0488.